The molecule has 2 saturated heterocycles. The number of hydrogen-bond acceptors (Lipinski definition) is 12. The zero-order chi connectivity index (χ0) is 18.2. The molecule has 0 aromatic rings. The van der Waals surface area contributed by atoms with Crippen molar-refractivity contribution in [2.24, 2.45) is 0 Å². The van der Waals surface area contributed by atoms with Gasteiger partial charge in [-0.25, -0.2) is 0 Å². The molecule has 0 saturated carbocycles. The SMILES string of the molecule is OC[C@H]1O[C@@H](OC[C@H]2O[C@@H](O)C(O)(O)[C@@H](O)[C@@H]2O)[C@H](O)[C@@H](O)[C@@H]1O. The lowest BCUT2D eigenvalue weighted by Gasteiger charge is -2.44. The minimum Gasteiger partial charge on any atom is -0.394 e. The van der Waals surface area contributed by atoms with Crippen LogP contribution in [0.5, 0.6) is 0 Å². The van der Waals surface area contributed by atoms with Gasteiger partial charge in [-0.15, -0.1) is 0 Å². The largest absolute Gasteiger partial charge is 0.394 e. The summed E-state index contributed by atoms with van der Waals surface area (Å²) in [6.07, 6.45) is -15.3. The molecule has 2 heterocycles. The predicted molar refractivity (Wildman–Crippen MR) is 69.8 cm³/mol. The van der Waals surface area contributed by atoms with E-state index in [0.717, 1.165) is 0 Å². The quantitative estimate of drug-likeness (QED) is 0.215. The second kappa shape index (κ2) is 7.41. The van der Waals surface area contributed by atoms with E-state index in [-0.39, 0.29) is 0 Å². The van der Waals surface area contributed by atoms with E-state index in [1.54, 1.807) is 0 Å². The molecule has 12 nitrogen and oxygen atoms in total. The fourth-order valence-electron chi connectivity index (χ4n) is 2.48. The standard InChI is InChI=1S/C12H22O12/c13-1-3-5(14)7(16)8(17)10(23-3)22-2-4-6(15)9(18)12(20,21)11(19)24-4/h3-11,13-21H,1-2H2/t3-,4-,5-,6-,7+,8-,9+,10-,11-/m1/s1. The normalized spacial score (nSPS) is 49.1. The lowest BCUT2D eigenvalue weighted by molar-refractivity contribution is -0.400. The van der Waals surface area contributed by atoms with Crippen molar-refractivity contribution < 1.29 is 60.2 Å². The second-order valence-electron chi connectivity index (χ2n) is 5.78. The molecule has 0 spiro atoms. The van der Waals surface area contributed by atoms with Crippen molar-refractivity contribution in [3.63, 3.8) is 0 Å². The smallest absolute Gasteiger partial charge is 0.245 e. The molecule has 0 aromatic carbocycles. The van der Waals surface area contributed by atoms with Crippen LogP contribution in [0.1, 0.15) is 0 Å². The predicted octanol–water partition coefficient (Wildman–Crippen LogP) is -6.08. The third-order valence-electron chi connectivity index (χ3n) is 4.08. The van der Waals surface area contributed by atoms with Crippen molar-refractivity contribution in [3.8, 4) is 0 Å². The van der Waals surface area contributed by atoms with E-state index in [9.17, 15) is 40.9 Å². The average molecular weight is 358 g/mol. The highest BCUT2D eigenvalue weighted by molar-refractivity contribution is 4.94. The molecule has 0 unspecified atom stereocenters. The zero-order valence-corrected chi connectivity index (χ0v) is 12.4. The van der Waals surface area contributed by atoms with Gasteiger partial charge in [0.15, 0.2) is 6.29 Å². The van der Waals surface area contributed by atoms with E-state index in [0.29, 0.717) is 0 Å². The fraction of sp³-hybridized carbons (Fsp3) is 1.00. The molecule has 12 heteroatoms. The molecule has 2 rings (SSSR count). The lowest BCUT2D eigenvalue weighted by Crippen LogP contribution is -2.67. The van der Waals surface area contributed by atoms with Gasteiger partial charge in [0.25, 0.3) is 0 Å². The van der Waals surface area contributed by atoms with Gasteiger partial charge in [0.05, 0.1) is 13.2 Å². The van der Waals surface area contributed by atoms with Crippen LogP contribution in [0.25, 0.3) is 0 Å². The van der Waals surface area contributed by atoms with Gasteiger partial charge in [0.1, 0.15) is 42.7 Å². The molecule has 0 aliphatic carbocycles. The summed E-state index contributed by atoms with van der Waals surface area (Å²) in [5, 5.41) is 85.5. The van der Waals surface area contributed by atoms with Gasteiger partial charge in [0.2, 0.25) is 12.1 Å². The van der Waals surface area contributed by atoms with E-state index in [1.165, 1.54) is 0 Å². The van der Waals surface area contributed by atoms with Crippen LogP contribution in [0.15, 0.2) is 0 Å². The average Bonchev–Trinajstić information content (AvgIpc) is 2.55. The first-order chi connectivity index (χ1) is 11.1. The van der Waals surface area contributed by atoms with Crippen molar-refractivity contribution in [1.29, 1.82) is 0 Å². The number of rotatable bonds is 4. The number of ether oxygens (including phenoxy) is 3. The van der Waals surface area contributed by atoms with Gasteiger partial charge in [-0.3, -0.25) is 0 Å². The summed E-state index contributed by atoms with van der Waals surface area (Å²) in [6.45, 7) is -1.25. The zero-order valence-electron chi connectivity index (χ0n) is 12.4. The number of hydrogen-bond donors (Lipinski definition) is 9. The van der Waals surface area contributed by atoms with Crippen molar-refractivity contribution in [1.82, 2.24) is 0 Å². The van der Waals surface area contributed by atoms with Gasteiger partial charge in [-0.05, 0) is 0 Å². The van der Waals surface area contributed by atoms with Gasteiger partial charge in [0, 0.05) is 0 Å². The van der Waals surface area contributed by atoms with Crippen molar-refractivity contribution >= 4 is 0 Å². The fourth-order valence-corrected chi connectivity index (χ4v) is 2.48. The molecule has 142 valence electrons. The molecule has 0 aromatic heterocycles. The van der Waals surface area contributed by atoms with Gasteiger partial charge in [-0.1, -0.05) is 0 Å². The summed E-state index contributed by atoms with van der Waals surface area (Å²) in [5.41, 5.74) is 0. The summed E-state index contributed by atoms with van der Waals surface area (Å²) in [7, 11) is 0. The second-order valence-corrected chi connectivity index (χ2v) is 5.78. The maximum atomic E-state index is 9.78. The highest BCUT2D eigenvalue weighted by Crippen LogP contribution is 2.28. The van der Waals surface area contributed by atoms with E-state index >= 15 is 0 Å². The third kappa shape index (κ3) is 3.55. The van der Waals surface area contributed by atoms with Crippen LogP contribution < -0.4 is 0 Å². The van der Waals surface area contributed by atoms with Gasteiger partial charge in [-0.2, -0.15) is 0 Å². The molecule has 2 fully saturated rings. The van der Waals surface area contributed by atoms with Crippen LogP contribution in [0.2, 0.25) is 0 Å². The van der Waals surface area contributed by atoms with Crippen LogP contribution in [0.4, 0.5) is 0 Å². The number of aliphatic hydroxyl groups is 9. The Labute approximate surface area is 135 Å². The summed E-state index contributed by atoms with van der Waals surface area (Å²) in [4.78, 5) is 0. The molecular weight excluding hydrogens is 336 g/mol. The molecule has 2 aliphatic heterocycles. The van der Waals surface area contributed by atoms with Crippen LogP contribution in [0.3, 0.4) is 0 Å². The molecule has 24 heavy (non-hydrogen) atoms. The van der Waals surface area contributed by atoms with Crippen LogP contribution in [0, 0.1) is 0 Å². The molecule has 9 N–H and O–H groups in total. The molecular formula is C12H22O12. The third-order valence-corrected chi connectivity index (χ3v) is 4.08. The highest BCUT2D eigenvalue weighted by atomic mass is 16.7. The first-order valence-corrected chi connectivity index (χ1v) is 7.17. The maximum absolute atomic E-state index is 9.78. The van der Waals surface area contributed by atoms with Crippen molar-refractivity contribution in [2.45, 2.75) is 61.1 Å². The van der Waals surface area contributed by atoms with Crippen LogP contribution >= 0.6 is 0 Å². The molecule has 9 atom stereocenters. The summed E-state index contributed by atoms with van der Waals surface area (Å²) in [5.74, 6) is -3.08. The summed E-state index contributed by atoms with van der Waals surface area (Å²) < 4.78 is 14.9. The first-order valence-electron chi connectivity index (χ1n) is 7.17. The van der Waals surface area contributed by atoms with Crippen LogP contribution in [-0.4, -0.2) is 120 Å². The topological polar surface area (TPSA) is 210 Å². The monoisotopic (exact) mass is 358 g/mol. The van der Waals surface area contributed by atoms with Gasteiger partial charge >= 0.3 is 0 Å². The Morgan fingerprint density at radius 1 is 0.792 bits per heavy atom. The van der Waals surface area contributed by atoms with Crippen molar-refractivity contribution in [3.05, 3.63) is 0 Å². The Hall–Kier alpha value is -0.480. The first kappa shape index (κ1) is 19.8. The van der Waals surface area contributed by atoms with Gasteiger partial charge < -0.3 is 60.2 Å². The minimum atomic E-state index is -3.08. The Morgan fingerprint density at radius 2 is 1.42 bits per heavy atom. The Morgan fingerprint density at radius 3 is 2.00 bits per heavy atom. The Kier molecular flexibility index (Phi) is 6.12. The number of aliphatic hydroxyl groups excluding tert-OH is 7. The van der Waals surface area contributed by atoms with Crippen molar-refractivity contribution in [2.75, 3.05) is 13.2 Å². The molecule has 2 aliphatic rings. The molecule has 0 amide bonds. The summed E-state index contributed by atoms with van der Waals surface area (Å²) in [6, 6.07) is 0. The lowest BCUT2D eigenvalue weighted by atomic mass is 9.96. The molecule has 0 bridgehead atoms. The summed E-state index contributed by atoms with van der Waals surface area (Å²) >= 11 is 0. The van der Waals surface area contributed by atoms with E-state index in [2.05, 4.69) is 0 Å². The maximum Gasteiger partial charge on any atom is 0.245 e. The minimum absolute atomic E-state index is 0.589. The molecule has 0 radical (unpaired) electrons. The van der Waals surface area contributed by atoms with E-state index in [4.69, 9.17) is 19.3 Å². The highest BCUT2D eigenvalue weighted by Gasteiger charge is 2.54. The Balaban J connectivity index is 1.97. The van der Waals surface area contributed by atoms with Crippen LogP contribution in [-0.2, 0) is 14.2 Å². The Bertz CT molecular complexity index is 411. The van der Waals surface area contributed by atoms with E-state index < -0.39 is 74.3 Å². The van der Waals surface area contributed by atoms with E-state index in [1.807, 2.05) is 0 Å².